The number of hydrogen-bond acceptors (Lipinski definition) is 5. The zero-order valence-electron chi connectivity index (χ0n) is 13.4. The molecule has 7 nitrogen and oxygen atoms in total. The van der Waals surface area contributed by atoms with Gasteiger partial charge in [-0.3, -0.25) is 9.59 Å². The van der Waals surface area contributed by atoms with Gasteiger partial charge in [-0.15, -0.1) is 0 Å². The summed E-state index contributed by atoms with van der Waals surface area (Å²) < 4.78 is 15.9. The summed E-state index contributed by atoms with van der Waals surface area (Å²) in [5, 5.41) is 12.1. The van der Waals surface area contributed by atoms with Crippen molar-refractivity contribution in [2.75, 3.05) is 14.2 Å². The fourth-order valence-corrected chi connectivity index (χ4v) is 3.21. The van der Waals surface area contributed by atoms with E-state index in [0.29, 0.717) is 11.5 Å². The Morgan fingerprint density at radius 2 is 1.79 bits per heavy atom. The molecule has 4 atom stereocenters. The molecule has 7 heteroatoms. The van der Waals surface area contributed by atoms with E-state index in [-0.39, 0.29) is 12.5 Å². The highest BCUT2D eigenvalue weighted by Gasteiger charge is 2.53. The molecule has 2 aliphatic heterocycles. The third-order valence-corrected chi connectivity index (χ3v) is 4.40. The molecule has 0 spiro atoms. The molecular formula is C17H19NO6. The zero-order valence-corrected chi connectivity index (χ0v) is 13.4. The lowest BCUT2D eigenvalue weighted by Crippen LogP contribution is -2.42. The number of carbonyl (C=O) groups excluding carboxylic acids is 1. The Kier molecular flexibility index (Phi) is 4.44. The third-order valence-electron chi connectivity index (χ3n) is 4.40. The maximum absolute atomic E-state index is 12.5. The highest BCUT2D eigenvalue weighted by atomic mass is 16.5. The molecule has 0 aliphatic carbocycles. The van der Waals surface area contributed by atoms with Crippen molar-refractivity contribution in [1.82, 2.24) is 5.32 Å². The molecule has 2 N–H and O–H groups in total. The van der Waals surface area contributed by atoms with Crippen molar-refractivity contribution in [1.29, 1.82) is 0 Å². The van der Waals surface area contributed by atoms with Crippen LogP contribution in [0, 0.1) is 11.8 Å². The van der Waals surface area contributed by atoms with Gasteiger partial charge < -0.3 is 24.6 Å². The van der Waals surface area contributed by atoms with Crippen LogP contribution in [0.4, 0.5) is 0 Å². The highest BCUT2D eigenvalue weighted by Crippen LogP contribution is 2.39. The number of benzene rings is 1. The van der Waals surface area contributed by atoms with Gasteiger partial charge in [-0.2, -0.15) is 0 Å². The van der Waals surface area contributed by atoms with Crippen LogP contribution in [0.3, 0.4) is 0 Å². The van der Waals surface area contributed by atoms with Crippen LogP contribution in [-0.2, 0) is 20.9 Å². The lowest BCUT2D eigenvalue weighted by atomic mass is 9.82. The van der Waals surface area contributed by atoms with Crippen molar-refractivity contribution in [3.05, 3.63) is 35.9 Å². The summed E-state index contributed by atoms with van der Waals surface area (Å²) in [6, 6.07) is 5.34. The van der Waals surface area contributed by atoms with E-state index in [1.54, 1.807) is 31.4 Å². The number of hydrogen-bond donors (Lipinski definition) is 2. The minimum Gasteiger partial charge on any atom is -0.493 e. The Morgan fingerprint density at radius 1 is 1.12 bits per heavy atom. The van der Waals surface area contributed by atoms with Crippen LogP contribution >= 0.6 is 0 Å². The SMILES string of the molecule is COc1ccc(CNC(=O)[C@H]2[C@@H](C(=O)O)[C@@H]3C=C[C@H]2O3)cc1OC. The zero-order chi connectivity index (χ0) is 17.3. The summed E-state index contributed by atoms with van der Waals surface area (Å²) in [5.74, 6) is -1.72. The van der Waals surface area contributed by atoms with E-state index in [4.69, 9.17) is 14.2 Å². The average molecular weight is 333 g/mol. The van der Waals surface area contributed by atoms with Crippen molar-refractivity contribution in [2.24, 2.45) is 11.8 Å². The number of aliphatic carboxylic acids is 1. The summed E-state index contributed by atoms with van der Waals surface area (Å²) in [5.41, 5.74) is 0.826. The van der Waals surface area contributed by atoms with E-state index in [2.05, 4.69) is 5.32 Å². The first-order valence-electron chi connectivity index (χ1n) is 7.60. The van der Waals surface area contributed by atoms with Crippen LogP contribution in [0.1, 0.15) is 5.56 Å². The van der Waals surface area contributed by atoms with Gasteiger partial charge in [-0.25, -0.2) is 0 Å². The molecule has 128 valence electrons. The number of carboxylic acids is 1. The van der Waals surface area contributed by atoms with Crippen LogP contribution in [-0.4, -0.2) is 43.4 Å². The molecule has 1 amide bonds. The Morgan fingerprint density at radius 3 is 2.42 bits per heavy atom. The van der Waals surface area contributed by atoms with E-state index in [1.807, 2.05) is 6.07 Å². The lowest BCUT2D eigenvalue weighted by Gasteiger charge is -2.21. The van der Waals surface area contributed by atoms with Crippen LogP contribution < -0.4 is 14.8 Å². The van der Waals surface area contributed by atoms with Crippen LogP contribution in [0.25, 0.3) is 0 Å². The molecule has 0 radical (unpaired) electrons. The van der Waals surface area contributed by atoms with Gasteiger partial charge in [0.15, 0.2) is 11.5 Å². The first-order valence-corrected chi connectivity index (χ1v) is 7.60. The molecule has 1 aromatic carbocycles. The van der Waals surface area contributed by atoms with Crippen molar-refractivity contribution >= 4 is 11.9 Å². The van der Waals surface area contributed by atoms with E-state index in [9.17, 15) is 14.7 Å². The number of carboxylic acid groups (broad SMARTS) is 1. The molecule has 0 saturated carbocycles. The van der Waals surface area contributed by atoms with Crippen molar-refractivity contribution < 1.29 is 28.9 Å². The number of amides is 1. The Balaban J connectivity index is 1.67. The maximum atomic E-state index is 12.5. The van der Waals surface area contributed by atoms with Gasteiger partial charge in [0.05, 0.1) is 32.3 Å². The molecule has 2 heterocycles. The molecule has 0 unspecified atom stereocenters. The van der Waals surface area contributed by atoms with Crippen molar-refractivity contribution in [2.45, 2.75) is 18.8 Å². The summed E-state index contributed by atoms with van der Waals surface area (Å²) in [6.45, 7) is 0.267. The van der Waals surface area contributed by atoms with E-state index in [1.165, 1.54) is 7.11 Å². The van der Waals surface area contributed by atoms with Gasteiger partial charge in [0, 0.05) is 6.54 Å². The number of methoxy groups -OCH3 is 2. The van der Waals surface area contributed by atoms with E-state index < -0.39 is 30.0 Å². The normalized spacial score (nSPS) is 27.1. The number of nitrogens with one attached hydrogen (secondary N) is 1. The third kappa shape index (κ3) is 2.82. The second-order valence-electron chi connectivity index (χ2n) is 5.75. The number of rotatable bonds is 6. The molecule has 2 bridgehead atoms. The smallest absolute Gasteiger partial charge is 0.310 e. The van der Waals surface area contributed by atoms with Gasteiger partial charge in [-0.1, -0.05) is 18.2 Å². The van der Waals surface area contributed by atoms with E-state index in [0.717, 1.165) is 5.56 Å². The number of carbonyl (C=O) groups is 2. The number of ether oxygens (including phenoxy) is 3. The first kappa shape index (κ1) is 16.3. The van der Waals surface area contributed by atoms with Gasteiger partial charge in [0.1, 0.15) is 5.92 Å². The largest absolute Gasteiger partial charge is 0.493 e. The fraction of sp³-hybridized carbons (Fsp3) is 0.412. The molecule has 2 aliphatic rings. The molecule has 1 saturated heterocycles. The van der Waals surface area contributed by atoms with Gasteiger partial charge in [0.25, 0.3) is 0 Å². The Hall–Kier alpha value is -2.54. The van der Waals surface area contributed by atoms with Gasteiger partial charge >= 0.3 is 5.97 Å². The van der Waals surface area contributed by atoms with Gasteiger partial charge in [0.2, 0.25) is 5.91 Å². The highest BCUT2D eigenvalue weighted by molar-refractivity contribution is 5.87. The second-order valence-corrected chi connectivity index (χ2v) is 5.75. The first-order chi connectivity index (χ1) is 11.5. The average Bonchev–Trinajstić information content (AvgIpc) is 3.20. The predicted molar refractivity (Wildman–Crippen MR) is 83.8 cm³/mol. The molecule has 0 aromatic heterocycles. The Labute approximate surface area is 139 Å². The summed E-state index contributed by atoms with van der Waals surface area (Å²) in [7, 11) is 3.09. The Bertz CT molecular complexity index is 686. The number of fused-ring (bicyclic) bond motifs is 2. The monoisotopic (exact) mass is 333 g/mol. The fourth-order valence-electron chi connectivity index (χ4n) is 3.21. The molecule has 3 rings (SSSR count). The van der Waals surface area contributed by atoms with Crippen molar-refractivity contribution in [3.63, 3.8) is 0 Å². The van der Waals surface area contributed by atoms with Gasteiger partial charge in [-0.05, 0) is 17.7 Å². The minimum absolute atomic E-state index is 0.267. The maximum Gasteiger partial charge on any atom is 0.310 e. The lowest BCUT2D eigenvalue weighted by molar-refractivity contribution is -0.146. The molecule has 1 fully saturated rings. The van der Waals surface area contributed by atoms with Crippen molar-refractivity contribution in [3.8, 4) is 11.5 Å². The molecule has 24 heavy (non-hydrogen) atoms. The van der Waals surface area contributed by atoms with E-state index >= 15 is 0 Å². The van der Waals surface area contributed by atoms with Crippen LogP contribution in [0.2, 0.25) is 0 Å². The molecular weight excluding hydrogens is 314 g/mol. The summed E-state index contributed by atoms with van der Waals surface area (Å²) in [6.07, 6.45) is 2.47. The molecule has 1 aromatic rings. The predicted octanol–water partition coefficient (Wildman–Crippen LogP) is 0.974. The topological polar surface area (TPSA) is 94.1 Å². The van der Waals surface area contributed by atoms with Crippen LogP contribution in [0.5, 0.6) is 11.5 Å². The quantitative estimate of drug-likeness (QED) is 0.754. The van der Waals surface area contributed by atoms with Crippen LogP contribution in [0.15, 0.2) is 30.4 Å². The summed E-state index contributed by atoms with van der Waals surface area (Å²) in [4.78, 5) is 23.9. The summed E-state index contributed by atoms with van der Waals surface area (Å²) >= 11 is 0. The second kappa shape index (κ2) is 6.52. The minimum atomic E-state index is -1.02. The standard InChI is InChI=1S/C17H19NO6/c1-22-10-4-3-9(7-13(10)23-2)8-18-16(19)14-11-5-6-12(24-11)15(14)17(20)21/h3-7,11-12,14-15H,8H2,1-2H3,(H,18,19)(H,20,21)/t11-,12+,14-,15+/m1/s1.